The molecule has 1 saturated heterocycles. The van der Waals surface area contributed by atoms with Crippen molar-refractivity contribution in [1.29, 1.82) is 0 Å². The normalized spacial score (nSPS) is 26.0. The van der Waals surface area contributed by atoms with Crippen LogP contribution in [-0.2, 0) is 32.1 Å². The van der Waals surface area contributed by atoms with Crippen molar-refractivity contribution in [3.63, 3.8) is 0 Å². The Morgan fingerprint density at radius 3 is 2.86 bits per heavy atom. The zero-order chi connectivity index (χ0) is 20.6. The summed E-state index contributed by atoms with van der Waals surface area (Å²) < 4.78 is 21.8. The molecule has 2 atom stereocenters. The molecule has 6 nitrogen and oxygen atoms in total. The summed E-state index contributed by atoms with van der Waals surface area (Å²) in [7, 11) is 0. The second-order valence-corrected chi connectivity index (χ2v) is 8.02. The van der Waals surface area contributed by atoms with Crippen LogP contribution in [0.4, 0.5) is 4.39 Å². The monoisotopic (exact) mass is 437 g/mol. The van der Waals surface area contributed by atoms with Gasteiger partial charge in [0.25, 0.3) is 5.91 Å². The van der Waals surface area contributed by atoms with Crippen LogP contribution in [0.25, 0.3) is 0 Å². The van der Waals surface area contributed by atoms with Gasteiger partial charge in [0.1, 0.15) is 12.2 Å². The number of ether oxygens (including phenoxy) is 1. The second kappa shape index (κ2) is 7.55. The standard InChI is InChI=1S/C20H18Cl2FN3O3/c21-13-4-3-12(15(22)8-13)9-25-18(28)20(23)6-5-19(11-26-16(27)10-29-19)17-14(20)2-1-7-24-17/h1-4,7-8H,5-6,9-11H2,(H,25,28)(H,26,27). The molecule has 29 heavy (non-hydrogen) atoms. The van der Waals surface area contributed by atoms with E-state index in [1.54, 1.807) is 24.3 Å². The van der Waals surface area contributed by atoms with E-state index in [-0.39, 0.29) is 44.0 Å². The molecule has 2 N–H and O–H groups in total. The summed E-state index contributed by atoms with van der Waals surface area (Å²) in [6.07, 6.45) is 1.64. The maximum atomic E-state index is 16.0. The van der Waals surface area contributed by atoms with Gasteiger partial charge < -0.3 is 15.4 Å². The van der Waals surface area contributed by atoms with Gasteiger partial charge in [-0.2, -0.15) is 0 Å². The van der Waals surface area contributed by atoms with Crippen LogP contribution in [0.5, 0.6) is 0 Å². The van der Waals surface area contributed by atoms with Gasteiger partial charge in [-0.05, 0) is 36.6 Å². The van der Waals surface area contributed by atoms with Crippen molar-refractivity contribution in [3.05, 3.63) is 63.4 Å². The largest absolute Gasteiger partial charge is 0.357 e. The molecule has 2 unspecified atom stereocenters. The fourth-order valence-corrected chi connectivity index (χ4v) is 4.27. The van der Waals surface area contributed by atoms with Crippen molar-refractivity contribution < 1.29 is 18.7 Å². The molecule has 4 rings (SSSR count). The molecule has 1 spiro atoms. The summed E-state index contributed by atoms with van der Waals surface area (Å²) in [6, 6.07) is 8.01. The molecular weight excluding hydrogens is 420 g/mol. The first-order chi connectivity index (χ1) is 13.8. The summed E-state index contributed by atoms with van der Waals surface area (Å²) in [5.41, 5.74) is -2.07. The van der Waals surface area contributed by atoms with Crippen molar-refractivity contribution in [2.24, 2.45) is 0 Å². The number of hydrogen-bond donors (Lipinski definition) is 2. The quantitative estimate of drug-likeness (QED) is 0.773. The summed E-state index contributed by atoms with van der Waals surface area (Å²) >= 11 is 12.0. The maximum Gasteiger partial charge on any atom is 0.262 e. The highest BCUT2D eigenvalue weighted by atomic mass is 35.5. The van der Waals surface area contributed by atoms with Crippen molar-refractivity contribution in [1.82, 2.24) is 15.6 Å². The molecule has 1 fully saturated rings. The van der Waals surface area contributed by atoms with Crippen LogP contribution in [0.1, 0.15) is 29.7 Å². The lowest BCUT2D eigenvalue weighted by Gasteiger charge is -2.44. The number of benzene rings is 1. The summed E-state index contributed by atoms with van der Waals surface area (Å²) in [5, 5.41) is 6.24. The van der Waals surface area contributed by atoms with Crippen LogP contribution >= 0.6 is 23.2 Å². The topological polar surface area (TPSA) is 80.3 Å². The van der Waals surface area contributed by atoms with Gasteiger partial charge in [-0.1, -0.05) is 35.3 Å². The predicted octanol–water partition coefficient (Wildman–Crippen LogP) is 3.01. The number of alkyl halides is 1. The molecule has 2 amide bonds. The highest BCUT2D eigenvalue weighted by Crippen LogP contribution is 2.47. The summed E-state index contributed by atoms with van der Waals surface area (Å²) in [6.45, 7) is 0.123. The Kier molecular flexibility index (Phi) is 5.23. The van der Waals surface area contributed by atoms with Gasteiger partial charge in [0, 0.05) is 28.4 Å². The molecule has 9 heteroatoms. The Labute approximate surface area is 176 Å². The average Bonchev–Trinajstić information content (AvgIpc) is 2.72. The van der Waals surface area contributed by atoms with Crippen molar-refractivity contribution in [3.8, 4) is 0 Å². The van der Waals surface area contributed by atoms with Gasteiger partial charge in [0.2, 0.25) is 11.6 Å². The molecule has 0 radical (unpaired) electrons. The zero-order valence-electron chi connectivity index (χ0n) is 15.3. The maximum absolute atomic E-state index is 16.0. The Bertz CT molecular complexity index is 977. The lowest BCUT2D eigenvalue weighted by molar-refractivity contribution is -0.154. The molecule has 1 aromatic heterocycles. The van der Waals surface area contributed by atoms with Crippen LogP contribution in [0.3, 0.4) is 0 Å². The lowest BCUT2D eigenvalue weighted by atomic mass is 9.73. The molecule has 0 saturated carbocycles. The van der Waals surface area contributed by atoms with E-state index in [1.807, 2.05) is 0 Å². The minimum Gasteiger partial charge on any atom is -0.357 e. The molecule has 2 heterocycles. The zero-order valence-corrected chi connectivity index (χ0v) is 16.8. The number of nitrogens with zero attached hydrogens (tertiary/aromatic N) is 1. The highest BCUT2D eigenvalue weighted by molar-refractivity contribution is 6.35. The number of halogens is 3. The number of pyridine rings is 1. The minimum atomic E-state index is -2.27. The molecule has 1 aliphatic heterocycles. The molecule has 2 aliphatic rings. The third-order valence-electron chi connectivity index (χ3n) is 5.40. The van der Waals surface area contributed by atoms with Crippen molar-refractivity contribution in [2.75, 3.05) is 13.2 Å². The van der Waals surface area contributed by atoms with E-state index in [0.717, 1.165) is 0 Å². The molecule has 1 aromatic carbocycles. The van der Waals surface area contributed by atoms with Crippen LogP contribution in [-0.4, -0.2) is 29.9 Å². The van der Waals surface area contributed by atoms with Gasteiger partial charge in [-0.3, -0.25) is 14.6 Å². The van der Waals surface area contributed by atoms with Crippen LogP contribution < -0.4 is 10.6 Å². The Morgan fingerprint density at radius 2 is 2.14 bits per heavy atom. The van der Waals surface area contributed by atoms with Gasteiger partial charge in [0.05, 0.1) is 12.2 Å². The molecule has 152 valence electrons. The molecule has 2 aromatic rings. The fraction of sp³-hybridized carbons (Fsp3) is 0.350. The smallest absolute Gasteiger partial charge is 0.262 e. The van der Waals surface area contributed by atoms with E-state index in [9.17, 15) is 9.59 Å². The van der Waals surface area contributed by atoms with Crippen molar-refractivity contribution >= 4 is 35.0 Å². The number of carbonyl (C=O) groups excluding carboxylic acids is 2. The minimum absolute atomic E-state index is 0.0633. The predicted molar refractivity (Wildman–Crippen MR) is 105 cm³/mol. The number of amides is 2. The molecule has 1 aliphatic carbocycles. The van der Waals surface area contributed by atoms with Crippen molar-refractivity contribution in [2.45, 2.75) is 30.7 Å². The van der Waals surface area contributed by atoms with E-state index < -0.39 is 17.2 Å². The Balaban J connectivity index is 1.59. The number of carbonyl (C=O) groups is 2. The van der Waals surface area contributed by atoms with Gasteiger partial charge in [0.15, 0.2) is 0 Å². The Hall–Kier alpha value is -2.22. The number of morpholine rings is 1. The highest BCUT2D eigenvalue weighted by Gasteiger charge is 2.54. The van der Waals surface area contributed by atoms with E-state index in [4.69, 9.17) is 27.9 Å². The van der Waals surface area contributed by atoms with Gasteiger partial charge in [-0.25, -0.2) is 4.39 Å². The van der Waals surface area contributed by atoms with Crippen LogP contribution in [0.2, 0.25) is 10.0 Å². The molecular formula is C20H18Cl2FN3O3. The summed E-state index contributed by atoms with van der Waals surface area (Å²) in [4.78, 5) is 28.7. The van der Waals surface area contributed by atoms with E-state index in [2.05, 4.69) is 15.6 Å². The second-order valence-electron chi connectivity index (χ2n) is 7.18. The van der Waals surface area contributed by atoms with Gasteiger partial charge >= 0.3 is 0 Å². The molecule has 0 bridgehead atoms. The third kappa shape index (κ3) is 3.58. The number of hydrogen-bond acceptors (Lipinski definition) is 4. The van der Waals surface area contributed by atoms with E-state index in [0.29, 0.717) is 21.3 Å². The average molecular weight is 438 g/mol. The lowest BCUT2D eigenvalue weighted by Crippen LogP contribution is -2.56. The first-order valence-electron chi connectivity index (χ1n) is 9.12. The van der Waals surface area contributed by atoms with E-state index in [1.165, 1.54) is 12.3 Å². The SMILES string of the molecule is O=C1COC2(CCC(F)(C(=O)NCc3ccc(Cl)cc3Cl)c3cccnc32)CN1. The van der Waals surface area contributed by atoms with Crippen LogP contribution in [0.15, 0.2) is 36.5 Å². The first kappa shape index (κ1) is 20.1. The van der Waals surface area contributed by atoms with Crippen LogP contribution in [0, 0.1) is 0 Å². The number of fused-ring (bicyclic) bond motifs is 2. The number of nitrogens with one attached hydrogen (secondary N) is 2. The summed E-state index contributed by atoms with van der Waals surface area (Å²) in [5.74, 6) is -1.00. The third-order valence-corrected chi connectivity index (χ3v) is 5.99. The van der Waals surface area contributed by atoms with Gasteiger partial charge in [-0.15, -0.1) is 0 Å². The number of rotatable bonds is 3. The number of aromatic nitrogens is 1. The Morgan fingerprint density at radius 1 is 1.31 bits per heavy atom. The first-order valence-corrected chi connectivity index (χ1v) is 9.87. The van der Waals surface area contributed by atoms with E-state index >= 15 is 4.39 Å². The fourth-order valence-electron chi connectivity index (χ4n) is 3.79.